The van der Waals surface area contributed by atoms with Crippen LogP contribution in [0.15, 0.2) is 18.2 Å². The van der Waals surface area contributed by atoms with Crippen molar-refractivity contribution in [3.05, 3.63) is 28.3 Å². The van der Waals surface area contributed by atoms with Gasteiger partial charge in [0.25, 0.3) is 0 Å². The van der Waals surface area contributed by atoms with E-state index in [0.29, 0.717) is 11.6 Å². The van der Waals surface area contributed by atoms with Crippen LogP contribution >= 0.6 is 0 Å². The van der Waals surface area contributed by atoms with E-state index in [1.54, 1.807) is 13.1 Å². The Balaban J connectivity index is 2.24. The summed E-state index contributed by atoms with van der Waals surface area (Å²) < 4.78 is 0. The normalized spacial score (nSPS) is 16.5. The Hall–Kier alpha value is -1.78. The van der Waals surface area contributed by atoms with E-state index in [9.17, 15) is 10.1 Å². The number of rotatable bonds is 4. The van der Waals surface area contributed by atoms with Gasteiger partial charge in [-0.25, -0.2) is 0 Å². The van der Waals surface area contributed by atoms with Crippen molar-refractivity contribution in [2.45, 2.75) is 26.7 Å². The fraction of sp³-hybridized carbons (Fsp3) is 0.600. The largest absolute Gasteiger partial charge is 0.382 e. The minimum absolute atomic E-state index is 0.193. The molecule has 0 amide bonds. The predicted octanol–water partition coefficient (Wildman–Crippen LogP) is 3.51. The van der Waals surface area contributed by atoms with Crippen molar-refractivity contribution in [1.29, 1.82) is 0 Å². The summed E-state index contributed by atoms with van der Waals surface area (Å²) in [5.41, 5.74) is 1.51. The fourth-order valence-electron chi connectivity index (χ4n) is 2.99. The van der Waals surface area contributed by atoms with Gasteiger partial charge in [-0.2, -0.15) is 0 Å². The lowest BCUT2D eigenvalue weighted by Crippen LogP contribution is -2.35. The van der Waals surface area contributed by atoms with Crippen LogP contribution < -0.4 is 10.2 Å². The van der Waals surface area contributed by atoms with Crippen LogP contribution in [0.25, 0.3) is 0 Å². The lowest BCUT2D eigenvalue weighted by Gasteiger charge is -2.35. The summed E-state index contributed by atoms with van der Waals surface area (Å²) in [6, 6.07) is 5.49. The third-order valence-electron chi connectivity index (χ3n) is 4.29. The van der Waals surface area contributed by atoms with Crippen molar-refractivity contribution in [3.63, 3.8) is 0 Å². The number of piperidine rings is 1. The van der Waals surface area contributed by atoms with Crippen LogP contribution in [0, 0.1) is 22.0 Å². The zero-order valence-corrected chi connectivity index (χ0v) is 12.4. The van der Waals surface area contributed by atoms with Crippen LogP contribution in [0.2, 0.25) is 0 Å². The van der Waals surface area contributed by atoms with Gasteiger partial charge in [-0.15, -0.1) is 0 Å². The van der Waals surface area contributed by atoms with Crippen molar-refractivity contribution in [1.82, 2.24) is 0 Å². The highest BCUT2D eigenvalue weighted by Gasteiger charge is 2.27. The zero-order valence-electron chi connectivity index (χ0n) is 12.4. The number of hydrogen-bond donors (Lipinski definition) is 1. The third-order valence-corrected chi connectivity index (χ3v) is 4.29. The van der Waals surface area contributed by atoms with Gasteiger partial charge in [-0.3, -0.25) is 10.1 Å². The highest BCUT2D eigenvalue weighted by molar-refractivity contribution is 5.77. The first-order chi connectivity index (χ1) is 9.54. The monoisotopic (exact) mass is 277 g/mol. The lowest BCUT2D eigenvalue weighted by molar-refractivity contribution is -0.383. The van der Waals surface area contributed by atoms with Crippen molar-refractivity contribution >= 4 is 17.1 Å². The minimum Gasteiger partial charge on any atom is -0.382 e. The first-order valence-electron chi connectivity index (χ1n) is 7.24. The molecular weight excluding hydrogens is 254 g/mol. The van der Waals surface area contributed by atoms with Crippen molar-refractivity contribution in [2.24, 2.45) is 11.8 Å². The van der Waals surface area contributed by atoms with E-state index in [0.717, 1.165) is 37.5 Å². The molecule has 0 atom stereocenters. The van der Waals surface area contributed by atoms with Gasteiger partial charge in [0.1, 0.15) is 11.4 Å². The molecule has 0 radical (unpaired) electrons. The number of hydrogen-bond acceptors (Lipinski definition) is 4. The number of nitrogens with one attached hydrogen (secondary N) is 1. The number of nitrogens with zero attached hydrogens (tertiary/aromatic N) is 2. The average Bonchev–Trinajstić information content (AvgIpc) is 2.46. The first-order valence-corrected chi connectivity index (χ1v) is 7.24. The molecule has 0 aromatic heterocycles. The van der Waals surface area contributed by atoms with Crippen LogP contribution in [0.5, 0.6) is 0 Å². The van der Waals surface area contributed by atoms with Gasteiger partial charge in [0.2, 0.25) is 0 Å². The van der Waals surface area contributed by atoms with E-state index in [1.165, 1.54) is 0 Å². The van der Waals surface area contributed by atoms with Gasteiger partial charge in [-0.05, 0) is 36.8 Å². The lowest BCUT2D eigenvalue weighted by atomic mass is 9.86. The molecule has 0 unspecified atom stereocenters. The number of nitro groups is 1. The van der Waals surface area contributed by atoms with Gasteiger partial charge in [-0.1, -0.05) is 19.9 Å². The Morgan fingerprint density at radius 3 is 2.50 bits per heavy atom. The van der Waals surface area contributed by atoms with Crippen molar-refractivity contribution in [2.75, 3.05) is 30.4 Å². The van der Waals surface area contributed by atoms with Gasteiger partial charge < -0.3 is 10.2 Å². The van der Waals surface area contributed by atoms with Gasteiger partial charge in [0.05, 0.1) is 4.92 Å². The molecule has 0 bridgehead atoms. The molecule has 1 aliphatic rings. The smallest absolute Gasteiger partial charge is 0.315 e. The van der Waals surface area contributed by atoms with E-state index in [-0.39, 0.29) is 10.6 Å². The average molecular weight is 277 g/mol. The molecule has 20 heavy (non-hydrogen) atoms. The summed E-state index contributed by atoms with van der Waals surface area (Å²) in [5.74, 6) is 1.42. The zero-order chi connectivity index (χ0) is 14.7. The van der Waals surface area contributed by atoms with Crippen molar-refractivity contribution in [3.8, 4) is 0 Å². The van der Waals surface area contributed by atoms with Crippen LogP contribution in [0.3, 0.4) is 0 Å². The number of nitro benzene ring substituents is 1. The first kappa shape index (κ1) is 14.6. The Labute approximate surface area is 120 Å². The standard InChI is InChI=1S/C15H23N3O2/c1-11(2)12-7-9-17(10-8-12)14-6-4-5-13(16-3)15(14)18(19)20/h4-6,11-12,16H,7-10H2,1-3H3. The van der Waals surface area contributed by atoms with E-state index in [1.807, 2.05) is 12.1 Å². The Morgan fingerprint density at radius 2 is 2.00 bits per heavy atom. The van der Waals surface area contributed by atoms with E-state index in [4.69, 9.17) is 0 Å². The third kappa shape index (κ3) is 2.86. The molecular formula is C15H23N3O2. The van der Waals surface area contributed by atoms with Crippen LogP contribution in [-0.4, -0.2) is 25.1 Å². The molecule has 2 rings (SSSR count). The minimum atomic E-state index is -0.282. The topological polar surface area (TPSA) is 58.4 Å². The number of benzene rings is 1. The predicted molar refractivity (Wildman–Crippen MR) is 82.4 cm³/mol. The number of anilines is 2. The van der Waals surface area contributed by atoms with E-state index >= 15 is 0 Å². The SMILES string of the molecule is CNc1cccc(N2CCC(C(C)C)CC2)c1[N+](=O)[O-]. The molecule has 1 N–H and O–H groups in total. The van der Waals surface area contributed by atoms with Crippen LogP contribution in [0.1, 0.15) is 26.7 Å². The van der Waals surface area contributed by atoms with Gasteiger partial charge >= 0.3 is 5.69 Å². The fourth-order valence-corrected chi connectivity index (χ4v) is 2.99. The molecule has 5 nitrogen and oxygen atoms in total. The summed E-state index contributed by atoms with van der Waals surface area (Å²) in [5, 5.41) is 14.3. The molecule has 1 aliphatic heterocycles. The molecule has 0 spiro atoms. The second kappa shape index (κ2) is 6.11. The Kier molecular flexibility index (Phi) is 4.47. The number of para-hydroxylation sites is 1. The molecule has 1 aromatic rings. The molecule has 0 saturated carbocycles. The maximum absolute atomic E-state index is 11.4. The van der Waals surface area contributed by atoms with Crippen LogP contribution in [0.4, 0.5) is 17.1 Å². The van der Waals surface area contributed by atoms with Crippen molar-refractivity contribution < 1.29 is 4.92 Å². The van der Waals surface area contributed by atoms with Gasteiger partial charge in [0, 0.05) is 20.1 Å². The maximum Gasteiger partial charge on any atom is 0.315 e. The molecule has 1 fully saturated rings. The summed E-state index contributed by atoms with van der Waals surface area (Å²) in [6.07, 6.45) is 2.22. The quantitative estimate of drug-likeness (QED) is 0.676. The summed E-state index contributed by atoms with van der Waals surface area (Å²) >= 11 is 0. The second-order valence-corrected chi connectivity index (χ2v) is 5.75. The molecule has 5 heteroatoms. The highest BCUT2D eigenvalue weighted by atomic mass is 16.6. The summed E-state index contributed by atoms with van der Waals surface area (Å²) in [6.45, 7) is 6.31. The molecule has 1 heterocycles. The Morgan fingerprint density at radius 1 is 1.35 bits per heavy atom. The van der Waals surface area contributed by atoms with E-state index in [2.05, 4.69) is 24.1 Å². The van der Waals surface area contributed by atoms with Gasteiger partial charge in [0.15, 0.2) is 0 Å². The second-order valence-electron chi connectivity index (χ2n) is 5.75. The van der Waals surface area contributed by atoms with Crippen LogP contribution in [-0.2, 0) is 0 Å². The molecule has 1 saturated heterocycles. The summed E-state index contributed by atoms with van der Waals surface area (Å²) in [4.78, 5) is 13.2. The molecule has 0 aliphatic carbocycles. The molecule has 1 aromatic carbocycles. The summed E-state index contributed by atoms with van der Waals surface area (Å²) in [7, 11) is 1.72. The van der Waals surface area contributed by atoms with E-state index < -0.39 is 0 Å². The molecule has 110 valence electrons. The highest BCUT2D eigenvalue weighted by Crippen LogP contribution is 2.37. The maximum atomic E-state index is 11.4. The Bertz CT molecular complexity index is 480.